The smallest absolute Gasteiger partial charge is 0.331 e. The summed E-state index contributed by atoms with van der Waals surface area (Å²) in [5.41, 5.74) is 4.00. The van der Waals surface area contributed by atoms with Crippen LogP contribution in [0.2, 0.25) is 0 Å². The molecule has 0 spiro atoms. The molecular formula is C31H32N2O4. The van der Waals surface area contributed by atoms with Crippen molar-refractivity contribution in [1.82, 2.24) is 9.88 Å². The summed E-state index contributed by atoms with van der Waals surface area (Å²) in [6.45, 7) is 4.57. The Bertz CT molecular complexity index is 1390. The normalized spacial score (nSPS) is 12.3. The van der Waals surface area contributed by atoms with Crippen LogP contribution in [0.15, 0.2) is 90.6 Å². The second kappa shape index (κ2) is 12.1. The van der Waals surface area contributed by atoms with Gasteiger partial charge < -0.3 is 19.7 Å². The largest absolute Gasteiger partial charge is 0.488 e. The lowest BCUT2D eigenvalue weighted by molar-refractivity contribution is -0.132. The van der Waals surface area contributed by atoms with Crippen molar-refractivity contribution in [2.24, 2.45) is 0 Å². The molecule has 0 aliphatic rings. The van der Waals surface area contributed by atoms with E-state index in [4.69, 9.17) is 4.74 Å². The third-order valence-electron chi connectivity index (χ3n) is 6.42. The molecule has 1 atom stereocenters. The molecule has 190 valence electrons. The maximum atomic E-state index is 13.1. The predicted octanol–water partition coefficient (Wildman–Crippen LogP) is 6.02. The van der Waals surface area contributed by atoms with Crippen molar-refractivity contribution in [2.45, 2.75) is 39.3 Å². The molecule has 1 aromatic heterocycles. The van der Waals surface area contributed by atoms with E-state index in [2.05, 4.69) is 5.32 Å². The van der Waals surface area contributed by atoms with Crippen LogP contribution in [0.25, 0.3) is 17.0 Å². The van der Waals surface area contributed by atoms with Gasteiger partial charge in [-0.1, -0.05) is 73.7 Å². The molecule has 2 N–H and O–H groups in total. The van der Waals surface area contributed by atoms with E-state index in [0.29, 0.717) is 30.9 Å². The first-order valence-corrected chi connectivity index (χ1v) is 12.5. The van der Waals surface area contributed by atoms with Crippen LogP contribution in [0.4, 0.5) is 0 Å². The maximum absolute atomic E-state index is 13.1. The molecular weight excluding hydrogens is 464 g/mol. The topological polar surface area (TPSA) is 80.6 Å². The highest BCUT2D eigenvalue weighted by molar-refractivity contribution is 6.00. The molecule has 3 aromatic carbocycles. The van der Waals surface area contributed by atoms with Crippen LogP contribution in [0.1, 0.15) is 43.0 Å². The third-order valence-corrected chi connectivity index (χ3v) is 6.42. The zero-order valence-electron chi connectivity index (χ0n) is 21.2. The maximum Gasteiger partial charge on any atom is 0.331 e. The fraction of sp³-hybridized carbons (Fsp3) is 0.226. The second-order valence-corrected chi connectivity index (χ2v) is 8.95. The van der Waals surface area contributed by atoms with Crippen molar-refractivity contribution in [2.75, 3.05) is 6.54 Å². The molecule has 4 aromatic rings. The zero-order valence-corrected chi connectivity index (χ0v) is 21.2. The lowest BCUT2D eigenvalue weighted by atomic mass is 10.1. The van der Waals surface area contributed by atoms with Crippen LogP contribution in [-0.2, 0) is 22.6 Å². The second-order valence-electron chi connectivity index (χ2n) is 8.95. The molecule has 0 saturated carbocycles. The number of ether oxygens (including phenoxy) is 1. The number of benzene rings is 3. The molecule has 0 fully saturated rings. The van der Waals surface area contributed by atoms with Gasteiger partial charge in [-0.15, -0.1) is 0 Å². The van der Waals surface area contributed by atoms with Gasteiger partial charge in [-0.05, 0) is 49.1 Å². The van der Waals surface area contributed by atoms with E-state index in [1.807, 2.05) is 103 Å². The number of hydrogen-bond donors (Lipinski definition) is 2. The van der Waals surface area contributed by atoms with Gasteiger partial charge in [0.05, 0.1) is 5.52 Å². The minimum Gasteiger partial charge on any atom is -0.488 e. The van der Waals surface area contributed by atoms with E-state index in [0.717, 1.165) is 28.5 Å². The Kier molecular flexibility index (Phi) is 8.41. The average molecular weight is 497 g/mol. The van der Waals surface area contributed by atoms with Crippen molar-refractivity contribution < 1.29 is 19.4 Å². The summed E-state index contributed by atoms with van der Waals surface area (Å²) in [6, 6.07) is 25.1. The van der Waals surface area contributed by atoms with Gasteiger partial charge in [0.15, 0.2) is 0 Å². The van der Waals surface area contributed by atoms with Gasteiger partial charge in [0.2, 0.25) is 5.91 Å². The van der Waals surface area contributed by atoms with Gasteiger partial charge in [-0.3, -0.25) is 4.79 Å². The Labute approximate surface area is 217 Å². The summed E-state index contributed by atoms with van der Waals surface area (Å²) in [6.07, 6.45) is 4.65. The standard InChI is InChI=1S/C31H32N2O4/c1-3-25(31(35)36)19-26-20-33(22(2)30(34)32-18-17-23-11-6-4-7-12-23)27-15-10-16-28(29(26)27)37-21-24-13-8-5-9-14-24/h4-16,19-20,22H,3,17-18,21H2,1-2H3,(H,32,34)(H,35,36). The van der Waals surface area contributed by atoms with Gasteiger partial charge in [-0.25, -0.2) is 4.79 Å². The van der Waals surface area contributed by atoms with Crippen LogP contribution in [-0.4, -0.2) is 28.1 Å². The summed E-state index contributed by atoms with van der Waals surface area (Å²) in [4.78, 5) is 24.9. The highest BCUT2D eigenvalue weighted by Crippen LogP contribution is 2.35. The molecule has 6 nitrogen and oxygen atoms in total. The summed E-state index contributed by atoms with van der Waals surface area (Å²) >= 11 is 0. The van der Waals surface area contributed by atoms with E-state index in [1.165, 1.54) is 0 Å². The predicted molar refractivity (Wildman–Crippen MR) is 146 cm³/mol. The first kappa shape index (κ1) is 25.8. The molecule has 37 heavy (non-hydrogen) atoms. The number of nitrogens with one attached hydrogen (secondary N) is 1. The van der Waals surface area contributed by atoms with Crippen LogP contribution in [0, 0.1) is 0 Å². The van der Waals surface area contributed by atoms with Crippen LogP contribution in [0.3, 0.4) is 0 Å². The van der Waals surface area contributed by atoms with Crippen molar-refractivity contribution in [3.8, 4) is 5.75 Å². The number of carbonyl (C=O) groups excluding carboxylic acids is 1. The molecule has 0 aliphatic carbocycles. The average Bonchev–Trinajstić information content (AvgIpc) is 3.30. The number of rotatable bonds is 11. The van der Waals surface area contributed by atoms with E-state index < -0.39 is 12.0 Å². The first-order chi connectivity index (χ1) is 18.0. The van der Waals surface area contributed by atoms with E-state index in [-0.39, 0.29) is 11.5 Å². The Morgan fingerprint density at radius 2 is 1.65 bits per heavy atom. The van der Waals surface area contributed by atoms with Gasteiger partial charge in [0, 0.05) is 29.3 Å². The zero-order chi connectivity index (χ0) is 26.2. The van der Waals surface area contributed by atoms with Gasteiger partial charge >= 0.3 is 5.97 Å². The van der Waals surface area contributed by atoms with E-state index in [1.54, 1.807) is 6.08 Å². The fourth-order valence-corrected chi connectivity index (χ4v) is 4.35. The lowest BCUT2D eigenvalue weighted by Crippen LogP contribution is -2.32. The number of hydrogen-bond acceptors (Lipinski definition) is 3. The number of amides is 1. The summed E-state index contributed by atoms with van der Waals surface area (Å²) < 4.78 is 8.09. The summed E-state index contributed by atoms with van der Waals surface area (Å²) in [5, 5.41) is 13.5. The number of carboxylic acids is 1. The Morgan fingerprint density at radius 3 is 2.30 bits per heavy atom. The monoisotopic (exact) mass is 496 g/mol. The minimum atomic E-state index is -0.960. The Morgan fingerprint density at radius 1 is 0.973 bits per heavy atom. The molecule has 4 rings (SSSR count). The van der Waals surface area contributed by atoms with Crippen LogP contribution in [0.5, 0.6) is 5.75 Å². The number of carbonyl (C=O) groups is 2. The Hall–Kier alpha value is -4.32. The van der Waals surface area contributed by atoms with Gasteiger partial charge in [0.25, 0.3) is 0 Å². The van der Waals surface area contributed by atoms with Crippen molar-refractivity contribution >= 4 is 28.9 Å². The van der Waals surface area contributed by atoms with E-state index >= 15 is 0 Å². The summed E-state index contributed by atoms with van der Waals surface area (Å²) in [7, 11) is 0. The number of nitrogens with zero attached hydrogens (tertiary/aromatic N) is 1. The molecule has 1 amide bonds. The van der Waals surface area contributed by atoms with Gasteiger partial charge in [-0.2, -0.15) is 0 Å². The molecule has 0 bridgehead atoms. The lowest BCUT2D eigenvalue weighted by Gasteiger charge is -2.16. The molecule has 1 unspecified atom stereocenters. The highest BCUT2D eigenvalue weighted by Gasteiger charge is 2.21. The molecule has 6 heteroatoms. The number of carboxylic acid groups (broad SMARTS) is 1. The quantitative estimate of drug-likeness (QED) is 0.249. The molecule has 1 heterocycles. The van der Waals surface area contributed by atoms with E-state index in [9.17, 15) is 14.7 Å². The number of fused-ring (bicyclic) bond motifs is 1. The van der Waals surface area contributed by atoms with Crippen molar-refractivity contribution in [3.05, 3.63) is 107 Å². The summed E-state index contributed by atoms with van der Waals surface area (Å²) in [5.74, 6) is -0.422. The molecule has 0 radical (unpaired) electrons. The SMILES string of the molecule is CCC(=Cc1cn(C(C)C(=O)NCCc2ccccc2)c2cccc(OCc3ccccc3)c12)C(=O)O. The first-order valence-electron chi connectivity index (χ1n) is 12.5. The fourth-order valence-electron chi connectivity index (χ4n) is 4.35. The van der Waals surface area contributed by atoms with Gasteiger partial charge in [0.1, 0.15) is 18.4 Å². The Balaban J connectivity index is 1.65. The number of aromatic nitrogens is 1. The van der Waals surface area contributed by atoms with Crippen LogP contribution >= 0.6 is 0 Å². The van der Waals surface area contributed by atoms with Crippen molar-refractivity contribution in [1.29, 1.82) is 0 Å². The number of aliphatic carboxylic acids is 1. The van der Waals surface area contributed by atoms with Crippen LogP contribution < -0.4 is 10.1 Å². The minimum absolute atomic E-state index is 0.104. The molecule has 0 saturated heterocycles. The third kappa shape index (κ3) is 6.28. The molecule has 0 aliphatic heterocycles. The highest BCUT2D eigenvalue weighted by atomic mass is 16.5. The van der Waals surface area contributed by atoms with Crippen molar-refractivity contribution in [3.63, 3.8) is 0 Å².